The number of aromatic nitrogens is 2. The van der Waals surface area contributed by atoms with Gasteiger partial charge in [0.1, 0.15) is 0 Å². The zero-order chi connectivity index (χ0) is 24.2. The number of carbonyl (C=O) groups excluding carboxylic acids is 1. The number of esters is 1. The molecular formula is C21H20F3N3O5S. The summed E-state index contributed by atoms with van der Waals surface area (Å²) < 4.78 is 74.3. The highest BCUT2D eigenvalue weighted by Gasteiger charge is 2.30. The van der Waals surface area contributed by atoms with Gasteiger partial charge in [-0.05, 0) is 36.4 Å². The van der Waals surface area contributed by atoms with Crippen LogP contribution >= 0.6 is 0 Å². The third-order valence-corrected chi connectivity index (χ3v) is 6.76. The Balaban J connectivity index is 1.63. The zero-order valence-corrected chi connectivity index (χ0v) is 18.5. The lowest BCUT2D eigenvalue weighted by Gasteiger charge is -2.18. The van der Waals surface area contributed by atoms with Crippen LogP contribution in [0, 0.1) is 0 Å². The standard InChI is InChI=1S/C21H20F3N3O5S/c1-3-27(4-2)33(29,30)17-11-7-15(8-12-17)20(28)31-13-18-25-19(26-32-18)14-5-9-16(10-6-14)21(22,23)24/h5-12H,3-4,13H2,1-2H3. The van der Waals surface area contributed by atoms with E-state index in [-0.39, 0.29) is 28.8 Å². The highest BCUT2D eigenvalue weighted by Crippen LogP contribution is 2.30. The Bertz CT molecular complexity index is 1200. The summed E-state index contributed by atoms with van der Waals surface area (Å²) in [6.07, 6.45) is -4.46. The van der Waals surface area contributed by atoms with E-state index in [4.69, 9.17) is 9.26 Å². The molecule has 0 aliphatic rings. The van der Waals surface area contributed by atoms with Crippen molar-refractivity contribution in [3.05, 3.63) is 65.5 Å². The van der Waals surface area contributed by atoms with Gasteiger partial charge in [-0.2, -0.15) is 22.5 Å². The van der Waals surface area contributed by atoms with Gasteiger partial charge in [-0.3, -0.25) is 0 Å². The van der Waals surface area contributed by atoms with Crippen molar-refractivity contribution in [1.82, 2.24) is 14.4 Å². The Hall–Kier alpha value is -3.25. The molecule has 2 aromatic carbocycles. The maximum atomic E-state index is 12.7. The second-order valence-electron chi connectivity index (χ2n) is 6.78. The molecule has 0 fully saturated rings. The number of hydrogen-bond acceptors (Lipinski definition) is 7. The van der Waals surface area contributed by atoms with Crippen molar-refractivity contribution < 1.29 is 35.6 Å². The van der Waals surface area contributed by atoms with Crippen LogP contribution in [0.4, 0.5) is 13.2 Å². The molecule has 12 heteroatoms. The minimum atomic E-state index is -4.46. The van der Waals surface area contributed by atoms with E-state index in [2.05, 4.69) is 10.1 Å². The fourth-order valence-electron chi connectivity index (χ4n) is 2.93. The molecule has 0 radical (unpaired) electrons. The molecule has 0 saturated carbocycles. The van der Waals surface area contributed by atoms with E-state index in [1.807, 2.05) is 0 Å². The fourth-order valence-corrected chi connectivity index (χ4v) is 4.38. The summed E-state index contributed by atoms with van der Waals surface area (Å²) in [6.45, 7) is 3.73. The van der Waals surface area contributed by atoms with Crippen molar-refractivity contribution in [2.24, 2.45) is 0 Å². The molecule has 0 aliphatic carbocycles. The Morgan fingerprint density at radius 3 is 2.18 bits per heavy atom. The molecule has 0 spiro atoms. The molecule has 33 heavy (non-hydrogen) atoms. The first-order chi connectivity index (χ1) is 15.6. The van der Waals surface area contributed by atoms with Gasteiger partial charge in [-0.1, -0.05) is 31.1 Å². The molecular weight excluding hydrogens is 463 g/mol. The smallest absolute Gasteiger partial charge is 0.416 e. The van der Waals surface area contributed by atoms with Crippen LogP contribution in [0.2, 0.25) is 0 Å². The second kappa shape index (κ2) is 9.71. The van der Waals surface area contributed by atoms with E-state index >= 15 is 0 Å². The lowest BCUT2D eigenvalue weighted by molar-refractivity contribution is -0.137. The number of carbonyl (C=O) groups is 1. The summed E-state index contributed by atoms with van der Waals surface area (Å²) in [5.74, 6) is -0.754. The van der Waals surface area contributed by atoms with Crippen LogP contribution in [0.15, 0.2) is 57.9 Å². The van der Waals surface area contributed by atoms with Crippen LogP contribution in [0.3, 0.4) is 0 Å². The lowest BCUT2D eigenvalue weighted by atomic mass is 10.1. The molecule has 0 atom stereocenters. The van der Waals surface area contributed by atoms with E-state index in [0.717, 1.165) is 12.1 Å². The third-order valence-electron chi connectivity index (χ3n) is 4.70. The van der Waals surface area contributed by atoms with E-state index in [9.17, 15) is 26.4 Å². The average molecular weight is 483 g/mol. The quantitative estimate of drug-likeness (QED) is 0.444. The summed E-state index contributed by atoms with van der Waals surface area (Å²) in [7, 11) is -3.65. The molecule has 0 saturated heterocycles. The molecule has 0 amide bonds. The van der Waals surface area contributed by atoms with Crippen molar-refractivity contribution in [2.75, 3.05) is 13.1 Å². The van der Waals surface area contributed by atoms with E-state index in [1.165, 1.54) is 40.7 Å². The van der Waals surface area contributed by atoms with Crippen molar-refractivity contribution in [2.45, 2.75) is 31.5 Å². The highest BCUT2D eigenvalue weighted by atomic mass is 32.2. The summed E-state index contributed by atoms with van der Waals surface area (Å²) >= 11 is 0. The molecule has 0 unspecified atom stereocenters. The Labute approximate surface area is 188 Å². The summed E-state index contributed by atoms with van der Waals surface area (Å²) in [4.78, 5) is 16.3. The molecule has 0 bridgehead atoms. The molecule has 176 valence electrons. The van der Waals surface area contributed by atoms with Gasteiger partial charge in [0.05, 0.1) is 16.0 Å². The van der Waals surface area contributed by atoms with Crippen LogP contribution in [-0.2, 0) is 27.5 Å². The number of halogens is 3. The molecule has 1 heterocycles. The Kier molecular flexibility index (Phi) is 7.18. The van der Waals surface area contributed by atoms with Crippen LogP contribution in [0.5, 0.6) is 0 Å². The van der Waals surface area contributed by atoms with E-state index in [1.54, 1.807) is 13.8 Å². The van der Waals surface area contributed by atoms with Crippen LogP contribution < -0.4 is 0 Å². The topological polar surface area (TPSA) is 103 Å². The molecule has 8 nitrogen and oxygen atoms in total. The second-order valence-corrected chi connectivity index (χ2v) is 8.71. The maximum Gasteiger partial charge on any atom is 0.416 e. The van der Waals surface area contributed by atoms with Gasteiger partial charge < -0.3 is 9.26 Å². The van der Waals surface area contributed by atoms with Gasteiger partial charge in [0.2, 0.25) is 15.8 Å². The normalized spacial score (nSPS) is 12.2. The monoisotopic (exact) mass is 483 g/mol. The maximum absolute atomic E-state index is 12.7. The van der Waals surface area contributed by atoms with Gasteiger partial charge >= 0.3 is 12.1 Å². The number of ether oxygens (including phenoxy) is 1. The van der Waals surface area contributed by atoms with Crippen LogP contribution in [0.25, 0.3) is 11.4 Å². The molecule has 0 aliphatic heterocycles. The van der Waals surface area contributed by atoms with E-state index in [0.29, 0.717) is 18.7 Å². The largest absolute Gasteiger partial charge is 0.452 e. The summed E-state index contributed by atoms with van der Waals surface area (Å²) in [5, 5.41) is 3.67. The summed E-state index contributed by atoms with van der Waals surface area (Å²) in [5.41, 5.74) is -0.384. The first-order valence-corrected chi connectivity index (χ1v) is 11.3. The van der Waals surface area contributed by atoms with Gasteiger partial charge in [0, 0.05) is 18.7 Å². The van der Waals surface area contributed by atoms with Gasteiger partial charge in [-0.25, -0.2) is 13.2 Å². The Morgan fingerprint density at radius 1 is 1.03 bits per heavy atom. The number of benzene rings is 2. The molecule has 3 aromatic rings. The SMILES string of the molecule is CCN(CC)S(=O)(=O)c1ccc(C(=O)OCc2nc(-c3ccc(C(F)(F)F)cc3)no2)cc1. The predicted molar refractivity (Wildman–Crippen MR) is 110 cm³/mol. The number of nitrogens with zero attached hydrogens (tertiary/aromatic N) is 3. The van der Waals surface area contributed by atoms with Crippen LogP contribution in [-0.4, -0.2) is 41.9 Å². The number of alkyl halides is 3. The molecule has 0 N–H and O–H groups in total. The average Bonchev–Trinajstić information content (AvgIpc) is 3.27. The first-order valence-electron chi connectivity index (χ1n) is 9.83. The van der Waals surface area contributed by atoms with Gasteiger partial charge in [0.25, 0.3) is 5.89 Å². The fraction of sp³-hybridized carbons (Fsp3) is 0.286. The predicted octanol–water partition coefficient (Wildman–Crippen LogP) is 4.14. The third kappa shape index (κ3) is 5.57. The Morgan fingerprint density at radius 2 is 1.64 bits per heavy atom. The molecule has 1 aromatic heterocycles. The van der Waals surface area contributed by atoms with E-state index < -0.39 is 27.7 Å². The number of sulfonamides is 1. The van der Waals surface area contributed by atoms with Gasteiger partial charge in [0.15, 0.2) is 6.61 Å². The van der Waals surface area contributed by atoms with Gasteiger partial charge in [-0.15, -0.1) is 0 Å². The minimum Gasteiger partial charge on any atom is -0.452 e. The summed E-state index contributed by atoms with van der Waals surface area (Å²) in [6, 6.07) is 9.51. The van der Waals surface area contributed by atoms with Crippen molar-refractivity contribution in [3.8, 4) is 11.4 Å². The zero-order valence-electron chi connectivity index (χ0n) is 17.7. The van der Waals surface area contributed by atoms with Crippen molar-refractivity contribution in [1.29, 1.82) is 0 Å². The number of hydrogen-bond donors (Lipinski definition) is 0. The van der Waals surface area contributed by atoms with Crippen molar-refractivity contribution in [3.63, 3.8) is 0 Å². The highest BCUT2D eigenvalue weighted by molar-refractivity contribution is 7.89. The first kappa shape index (κ1) is 24.4. The number of rotatable bonds is 8. The lowest BCUT2D eigenvalue weighted by Crippen LogP contribution is -2.30. The van der Waals surface area contributed by atoms with Crippen LogP contribution in [0.1, 0.15) is 35.7 Å². The minimum absolute atomic E-state index is 0.0423. The molecule has 3 rings (SSSR count). The van der Waals surface area contributed by atoms with Crippen molar-refractivity contribution >= 4 is 16.0 Å².